The zero-order chi connectivity index (χ0) is 16.2. The Balaban J connectivity index is 1.53. The fraction of sp³-hybridized carbons (Fsp3) is 0.500. The number of ether oxygens (including phenoxy) is 1. The average molecular weight is 338 g/mol. The van der Waals surface area contributed by atoms with Crippen LogP contribution in [-0.2, 0) is 11.3 Å². The summed E-state index contributed by atoms with van der Waals surface area (Å²) in [5.74, 6) is 0. The lowest BCUT2D eigenvalue weighted by Gasteiger charge is -2.12. The molecule has 9 heteroatoms. The number of thiophene rings is 1. The Morgan fingerprint density at radius 1 is 1.43 bits per heavy atom. The molecule has 1 fully saturated rings. The van der Waals surface area contributed by atoms with Gasteiger partial charge in [-0.1, -0.05) is 0 Å². The third kappa shape index (κ3) is 3.62. The summed E-state index contributed by atoms with van der Waals surface area (Å²) < 4.78 is 7.01. The molecule has 2 aromatic heterocycles. The van der Waals surface area contributed by atoms with Crippen molar-refractivity contribution in [3.8, 4) is 0 Å². The molecular weight excluding hydrogens is 320 g/mol. The Morgan fingerprint density at radius 2 is 2.30 bits per heavy atom. The summed E-state index contributed by atoms with van der Waals surface area (Å²) in [7, 11) is 0. The third-order valence-corrected chi connectivity index (χ3v) is 4.63. The van der Waals surface area contributed by atoms with Crippen molar-refractivity contribution in [2.24, 2.45) is 0 Å². The smallest absolute Gasteiger partial charge is 0.328 e. The largest absolute Gasteiger partial charge is 0.376 e. The average Bonchev–Trinajstić information content (AvgIpc) is 3.19. The van der Waals surface area contributed by atoms with E-state index >= 15 is 0 Å². The number of hydrogen-bond acceptors (Lipinski definition) is 5. The summed E-state index contributed by atoms with van der Waals surface area (Å²) in [5, 5.41) is 7.11. The van der Waals surface area contributed by atoms with E-state index in [1.54, 1.807) is 11.4 Å². The van der Waals surface area contributed by atoms with E-state index in [1.807, 2.05) is 0 Å². The SMILES string of the molecule is O=C(NCCn1c(=O)[nH]c2ccsc2c1=O)NC[C@@H]1CCCO1. The van der Waals surface area contributed by atoms with Crippen LogP contribution in [0.15, 0.2) is 21.0 Å². The van der Waals surface area contributed by atoms with Crippen LogP contribution in [0, 0.1) is 0 Å². The summed E-state index contributed by atoms with van der Waals surface area (Å²) in [6, 6.07) is 1.37. The first-order chi connectivity index (χ1) is 11.1. The number of nitrogens with zero attached hydrogens (tertiary/aromatic N) is 1. The van der Waals surface area contributed by atoms with E-state index in [2.05, 4.69) is 15.6 Å². The molecule has 0 bridgehead atoms. The lowest BCUT2D eigenvalue weighted by atomic mass is 10.2. The van der Waals surface area contributed by atoms with E-state index in [9.17, 15) is 14.4 Å². The van der Waals surface area contributed by atoms with Gasteiger partial charge in [0.2, 0.25) is 0 Å². The molecule has 1 aliphatic heterocycles. The van der Waals surface area contributed by atoms with Crippen molar-refractivity contribution in [2.75, 3.05) is 19.7 Å². The normalized spacial score (nSPS) is 17.5. The molecule has 0 unspecified atom stereocenters. The number of carbonyl (C=O) groups excluding carboxylic acids is 1. The predicted molar refractivity (Wildman–Crippen MR) is 87.1 cm³/mol. The van der Waals surface area contributed by atoms with Gasteiger partial charge in [-0.05, 0) is 24.3 Å². The van der Waals surface area contributed by atoms with Crippen LogP contribution >= 0.6 is 11.3 Å². The number of aromatic amines is 1. The zero-order valence-corrected chi connectivity index (χ0v) is 13.3. The summed E-state index contributed by atoms with van der Waals surface area (Å²) in [6.45, 7) is 1.52. The van der Waals surface area contributed by atoms with Gasteiger partial charge in [0.25, 0.3) is 5.56 Å². The summed E-state index contributed by atoms with van der Waals surface area (Å²) in [4.78, 5) is 38.4. The van der Waals surface area contributed by atoms with E-state index in [-0.39, 0.29) is 30.8 Å². The number of fused-ring (bicyclic) bond motifs is 1. The zero-order valence-electron chi connectivity index (χ0n) is 12.5. The van der Waals surface area contributed by atoms with Gasteiger partial charge >= 0.3 is 11.7 Å². The van der Waals surface area contributed by atoms with Crippen LogP contribution in [0.1, 0.15) is 12.8 Å². The molecule has 0 spiro atoms. The monoisotopic (exact) mass is 338 g/mol. The highest BCUT2D eigenvalue weighted by Gasteiger charge is 2.16. The molecule has 23 heavy (non-hydrogen) atoms. The Hall–Kier alpha value is -2.13. The maximum absolute atomic E-state index is 12.2. The third-order valence-electron chi connectivity index (χ3n) is 3.73. The van der Waals surface area contributed by atoms with Gasteiger partial charge < -0.3 is 20.4 Å². The minimum Gasteiger partial charge on any atom is -0.376 e. The summed E-state index contributed by atoms with van der Waals surface area (Å²) in [5.41, 5.74) is -0.258. The molecule has 1 saturated heterocycles. The van der Waals surface area contributed by atoms with E-state index < -0.39 is 5.69 Å². The second-order valence-electron chi connectivity index (χ2n) is 5.32. The number of rotatable bonds is 5. The van der Waals surface area contributed by atoms with Gasteiger partial charge in [-0.3, -0.25) is 9.36 Å². The van der Waals surface area contributed by atoms with Gasteiger partial charge in [0.1, 0.15) is 4.70 Å². The molecule has 0 aliphatic carbocycles. The molecule has 0 saturated carbocycles. The van der Waals surface area contributed by atoms with Crippen LogP contribution in [0.3, 0.4) is 0 Å². The first-order valence-electron chi connectivity index (χ1n) is 7.49. The molecule has 1 atom stereocenters. The molecule has 3 rings (SSSR count). The van der Waals surface area contributed by atoms with Crippen molar-refractivity contribution in [1.82, 2.24) is 20.2 Å². The fourth-order valence-electron chi connectivity index (χ4n) is 2.53. The Labute approximate surface area is 135 Å². The lowest BCUT2D eigenvalue weighted by molar-refractivity contribution is 0.111. The second kappa shape index (κ2) is 6.97. The van der Waals surface area contributed by atoms with Crippen LogP contribution in [0.2, 0.25) is 0 Å². The second-order valence-corrected chi connectivity index (χ2v) is 6.24. The van der Waals surface area contributed by atoms with Crippen molar-refractivity contribution >= 4 is 27.6 Å². The maximum Gasteiger partial charge on any atom is 0.328 e. The van der Waals surface area contributed by atoms with E-state index in [1.165, 1.54) is 11.3 Å². The number of amides is 2. The van der Waals surface area contributed by atoms with Gasteiger partial charge in [0, 0.05) is 26.2 Å². The fourth-order valence-corrected chi connectivity index (χ4v) is 3.33. The maximum atomic E-state index is 12.2. The molecule has 124 valence electrons. The molecule has 8 nitrogen and oxygen atoms in total. The van der Waals surface area contributed by atoms with Gasteiger partial charge in [-0.15, -0.1) is 11.3 Å². The number of nitrogens with one attached hydrogen (secondary N) is 3. The van der Waals surface area contributed by atoms with Crippen LogP contribution < -0.4 is 21.9 Å². The highest BCUT2D eigenvalue weighted by Crippen LogP contribution is 2.12. The molecule has 2 aromatic rings. The number of H-pyrrole nitrogens is 1. The van der Waals surface area contributed by atoms with Gasteiger partial charge in [-0.25, -0.2) is 9.59 Å². The predicted octanol–water partition coefficient (Wildman–Crippen LogP) is 0.230. The topological polar surface area (TPSA) is 105 Å². The Kier molecular flexibility index (Phi) is 4.77. The van der Waals surface area contributed by atoms with Crippen molar-refractivity contribution in [3.05, 3.63) is 32.3 Å². The summed E-state index contributed by atoms with van der Waals surface area (Å²) in [6.07, 6.45) is 2.05. The highest BCUT2D eigenvalue weighted by molar-refractivity contribution is 7.17. The number of hydrogen-bond donors (Lipinski definition) is 3. The molecule has 2 amide bonds. The van der Waals surface area contributed by atoms with Gasteiger partial charge in [0.15, 0.2) is 0 Å². The van der Waals surface area contributed by atoms with Gasteiger partial charge in [-0.2, -0.15) is 0 Å². The highest BCUT2D eigenvalue weighted by atomic mass is 32.1. The number of carbonyl (C=O) groups is 1. The van der Waals surface area contributed by atoms with Crippen molar-refractivity contribution in [3.63, 3.8) is 0 Å². The minimum absolute atomic E-state index is 0.0763. The quantitative estimate of drug-likeness (QED) is 0.726. The molecule has 0 radical (unpaired) electrons. The van der Waals surface area contributed by atoms with Crippen LogP contribution in [-0.4, -0.2) is 41.4 Å². The number of aromatic nitrogens is 2. The Morgan fingerprint density at radius 3 is 3.09 bits per heavy atom. The molecular formula is C14H18N4O4S. The number of urea groups is 1. The molecule has 1 aliphatic rings. The van der Waals surface area contributed by atoms with Crippen molar-refractivity contribution in [1.29, 1.82) is 0 Å². The van der Waals surface area contributed by atoms with Crippen LogP contribution in [0.4, 0.5) is 4.79 Å². The molecule has 3 heterocycles. The first-order valence-corrected chi connectivity index (χ1v) is 8.37. The van der Waals surface area contributed by atoms with Crippen molar-refractivity contribution < 1.29 is 9.53 Å². The van der Waals surface area contributed by atoms with Gasteiger partial charge in [0.05, 0.1) is 11.6 Å². The van der Waals surface area contributed by atoms with Crippen LogP contribution in [0.25, 0.3) is 10.2 Å². The summed E-state index contributed by atoms with van der Waals surface area (Å²) >= 11 is 1.28. The minimum atomic E-state index is -0.470. The lowest BCUT2D eigenvalue weighted by Crippen LogP contribution is -2.43. The Bertz CT molecular complexity index is 803. The van der Waals surface area contributed by atoms with E-state index in [0.717, 1.165) is 24.0 Å². The standard InChI is InChI=1S/C14H18N4O4S/c19-12-11-10(3-7-23-11)17-14(21)18(12)5-4-15-13(20)16-8-9-2-1-6-22-9/h3,7,9H,1-2,4-6,8H2,(H,17,21)(H2,15,16,20)/t9-/m0/s1. The van der Waals surface area contributed by atoms with E-state index in [0.29, 0.717) is 16.8 Å². The molecule has 3 N–H and O–H groups in total. The first kappa shape index (κ1) is 15.8. The molecule has 0 aromatic carbocycles. The van der Waals surface area contributed by atoms with Crippen LogP contribution in [0.5, 0.6) is 0 Å². The van der Waals surface area contributed by atoms with Crippen molar-refractivity contribution in [2.45, 2.75) is 25.5 Å². The van der Waals surface area contributed by atoms with E-state index in [4.69, 9.17) is 4.74 Å².